The van der Waals surface area contributed by atoms with Crippen LogP contribution in [0.25, 0.3) is 11.0 Å². The molecule has 0 saturated heterocycles. The normalized spacial score (nSPS) is 11.1. The summed E-state index contributed by atoms with van der Waals surface area (Å²) >= 11 is 5.97. The van der Waals surface area contributed by atoms with Gasteiger partial charge in [0.2, 0.25) is 0 Å². The molecule has 0 aliphatic heterocycles. The number of hydrogen-bond donors (Lipinski definition) is 1. The van der Waals surface area contributed by atoms with Crippen molar-refractivity contribution in [3.8, 4) is 11.5 Å². The van der Waals surface area contributed by atoms with Gasteiger partial charge in [-0.05, 0) is 60.5 Å². The van der Waals surface area contributed by atoms with E-state index in [0.29, 0.717) is 28.7 Å². The zero-order valence-electron chi connectivity index (χ0n) is 17.6. The molecule has 4 aromatic rings. The number of hydrazone groups is 1. The molecule has 32 heavy (non-hydrogen) atoms. The molecule has 0 atom stereocenters. The first-order chi connectivity index (χ1) is 15.5. The molecule has 6 nitrogen and oxygen atoms in total. The quantitative estimate of drug-likeness (QED) is 0.289. The van der Waals surface area contributed by atoms with Crippen molar-refractivity contribution in [2.24, 2.45) is 5.10 Å². The van der Waals surface area contributed by atoms with E-state index in [2.05, 4.69) is 16.6 Å². The predicted molar refractivity (Wildman–Crippen MR) is 125 cm³/mol. The zero-order chi connectivity index (χ0) is 22.5. The number of hydrogen-bond acceptors (Lipinski definition) is 5. The van der Waals surface area contributed by atoms with Gasteiger partial charge in [0.05, 0.1) is 13.3 Å². The van der Waals surface area contributed by atoms with Gasteiger partial charge in [0.1, 0.15) is 12.2 Å². The molecule has 0 fully saturated rings. The molecule has 1 heterocycles. The fraction of sp³-hybridized carbons (Fsp3) is 0.120. The van der Waals surface area contributed by atoms with E-state index in [4.69, 9.17) is 25.5 Å². The zero-order valence-corrected chi connectivity index (χ0v) is 18.3. The van der Waals surface area contributed by atoms with Gasteiger partial charge in [0.15, 0.2) is 17.3 Å². The van der Waals surface area contributed by atoms with E-state index in [0.717, 1.165) is 16.5 Å². The number of nitrogens with zero attached hydrogens (tertiary/aromatic N) is 1. The summed E-state index contributed by atoms with van der Waals surface area (Å²) in [5.74, 6) is 0.883. The summed E-state index contributed by atoms with van der Waals surface area (Å²) in [6.07, 6.45) is 1.52. The Hall–Kier alpha value is -3.77. The minimum Gasteiger partial charge on any atom is -0.493 e. The summed E-state index contributed by atoms with van der Waals surface area (Å²) < 4.78 is 16.9. The number of ether oxygens (including phenoxy) is 2. The van der Waals surface area contributed by atoms with Crippen LogP contribution < -0.4 is 14.9 Å². The van der Waals surface area contributed by atoms with Crippen molar-refractivity contribution >= 4 is 34.7 Å². The largest absolute Gasteiger partial charge is 0.493 e. The lowest BCUT2D eigenvalue weighted by molar-refractivity contribution is 0.0929. The lowest BCUT2D eigenvalue weighted by atomic mass is 10.1. The third kappa shape index (κ3) is 5.10. The van der Waals surface area contributed by atoms with Crippen LogP contribution in [0.5, 0.6) is 11.5 Å². The number of nitrogens with one attached hydrogen (secondary N) is 1. The molecular formula is C25H21ClN2O4. The van der Waals surface area contributed by atoms with Crippen LogP contribution in [0.1, 0.15) is 27.2 Å². The van der Waals surface area contributed by atoms with Crippen LogP contribution in [0.2, 0.25) is 5.02 Å². The smallest absolute Gasteiger partial charge is 0.307 e. The monoisotopic (exact) mass is 448 g/mol. The fourth-order valence-electron chi connectivity index (χ4n) is 3.19. The van der Waals surface area contributed by atoms with Crippen molar-refractivity contribution in [3.63, 3.8) is 0 Å². The highest BCUT2D eigenvalue weighted by Gasteiger charge is 2.12. The second kappa shape index (κ2) is 9.58. The number of carbonyl (C=O) groups is 1. The average molecular weight is 449 g/mol. The number of fused-ring (bicyclic) bond motifs is 1. The predicted octanol–water partition coefficient (Wildman–Crippen LogP) is 5.75. The maximum atomic E-state index is 12.3. The van der Waals surface area contributed by atoms with E-state index in [1.165, 1.54) is 11.8 Å². The highest BCUT2D eigenvalue weighted by Crippen LogP contribution is 2.28. The van der Waals surface area contributed by atoms with Gasteiger partial charge in [-0.15, -0.1) is 0 Å². The molecule has 0 radical (unpaired) electrons. The molecule has 0 bridgehead atoms. The van der Waals surface area contributed by atoms with Gasteiger partial charge < -0.3 is 13.9 Å². The molecule has 0 aliphatic rings. The Labute approximate surface area is 190 Å². The van der Waals surface area contributed by atoms with Crippen LogP contribution in [0.3, 0.4) is 0 Å². The molecule has 3 aromatic carbocycles. The molecule has 1 aromatic heterocycles. The Morgan fingerprint density at radius 2 is 1.97 bits per heavy atom. The van der Waals surface area contributed by atoms with Gasteiger partial charge in [-0.2, -0.15) is 5.10 Å². The second-order valence-electron chi connectivity index (χ2n) is 7.18. The number of carbonyl (C=O) groups excluding carboxylic acids is 1. The molecule has 162 valence electrons. The molecule has 4 rings (SSSR count). The van der Waals surface area contributed by atoms with E-state index in [1.54, 1.807) is 43.5 Å². The third-order valence-corrected chi connectivity index (χ3v) is 4.98. The summed E-state index contributed by atoms with van der Waals surface area (Å²) in [4.78, 5) is 12.3. The molecule has 0 aliphatic carbocycles. The number of benzene rings is 3. The molecule has 0 spiro atoms. The minimum atomic E-state index is -0.460. The Balaban J connectivity index is 1.40. The van der Waals surface area contributed by atoms with Gasteiger partial charge in [0.25, 0.3) is 0 Å². The second-order valence-corrected chi connectivity index (χ2v) is 7.62. The number of methoxy groups -OCH3 is 1. The van der Waals surface area contributed by atoms with Crippen molar-refractivity contribution in [2.75, 3.05) is 7.11 Å². The Bertz CT molecular complexity index is 1300. The number of rotatable bonds is 7. The van der Waals surface area contributed by atoms with Gasteiger partial charge >= 0.3 is 5.91 Å². The van der Waals surface area contributed by atoms with Crippen LogP contribution >= 0.6 is 11.6 Å². The Morgan fingerprint density at radius 3 is 2.78 bits per heavy atom. The van der Waals surface area contributed by atoms with Crippen molar-refractivity contribution < 1.29 is 18.7 Å². The van der Waals surface area contributed by atoms with Crippen molar-refractivity contribution in [3.05, 3.63) is 94.2 Å². The number of aryl methyl sites for hydroxylation is 1. The van der Waals surface area contributed by atoms with Crippen LogP contribution in [0, 0.1) is 6.92 Å². The molecule has 1 amide bonds. The lowest BCUT2D eigenvalue weighted by Crippen LogP contribution is -2.16. The standard InChI is InChI=1S/C25H21ClN2O4/c1-16-4-3-5-18(10-16)15-31-22-8-6-17(11-23(22)30-2)14-27-28-25(29)24-13-19-12-20(26)7-9-21(19)32-24/h3-14H,15H2,1-2H3,(H,28,29)/b27-14+. The van der Waals surface area contributed by atoms with E-state index >= 15 is 0 Å². The van der Waals surface area contributed by atoms with E-state index in [-0.39, 0.29) is 5.76 Å². The summed E-state index contributed by atoms with van der Waals surface area (Å²) in [7, 11) is 1.57. The number of furan rings is 1. The fourth-order valence-corrected chi connectivity index (χ4v) is 3.37. The number of amides is 1. The topological polar surface area (TPSA) is 73.1 Å². The maximum Gasteiger partial charge on any atom is 0.307 e. The van der Waals surface area contributed by atoms with Crippen LogP contribution in [-0.4, -0.2) is 19.2 Å². The van der Waals surface area contributed by atoms with Crippen LogP contribution in [0.15, 0.2) is 76.2 Å². The first-order valence-corrected chi connectivity index (χ1v) is 10.3. The van der Waals surface area contributed by atoms with E-state index in [9.17, 15) is 4.79 Å². The summed E-state index contributed by atoms with van der Waals surface area (Å²) in [6, 6.07) is 20.3. The van der Waals surface area contributed by atoms with Crippen molar-refractivity contribution in [2.45, 2.75) is 13.5 Å². The van der Waals surface area contributed by atoms with Crippen LogP contribution in [0.4, 0.5) is 0 Å². The highest BCUT2D eigenvalue weighted by molar-refractivity contribution is 6.31. The highest BCUT2D eigenvalue weighted by atomic mass is 35.5. The maximum absolute atomic E-state index is 12.3. The molecule has 7 heteroatoms. The minimum absolute atomic E-state index is 0.150. The molecule has 1 N–H and O–H groups in total. The summed E-state index contributed by atoms with van der Waals surface area (Å²) in [5.41, 5.74) is 6.03. The van der Waals surface area contributed by atoms with Crippen molar-refractivity contribution in [1.29, 1.82) is 0 Å². The van der Waals surface area contributed by atoms with Gasteiger partial charge in [-0.1, -0.05) is 41.4 Å². The first-order valence-electron chi connectivity index (χ1n) is 9.91. The Morgan fingerprint density at radius 1 is 1.09 bits per heavy atom. The van der Waals surface area contributed by atoms with E-state index in [1.807, 2.05) is 31.2 Å². The molecule has 0 saturated carbocycles. The van der Waals surface area contributed by atoms with E-state index < -0.39 is 5.91 Å². The average Bonchev–Trinajstić information content (AvgIpc) is 3.21. The van der Waals surface area contributed by atoms with Gasteiger partial charge in [-0.3, -0.25) is 4.79 Å². The SMILES string of the molecule is COc1cc(/C=N/NC(=O)c2cc3cc(Cl)ccc3o2)ccc1OCc1cccc(C)c1. The van der Waals surface area contributed by atoms with Gasteiger partial charge in [-0.25, -0.2) is 5.43 Å². The number of halogens is 1. The lowest BCUT2D eigenvalue weighted by Gasteiger charge is -2.11. The van der Waals surface area contributed by atoms with Crippen LogP contribution in [-0.2, 0) is 6.61 Å². The summed E-state index contributed by atoms with van der Waals surface area (Å²) in [5, 5.41) is 5.33. The van der Waals surface area contributed by atoms with Crippen molar-refractivity contribution in [1.82, 2.24) is 5.43 Å². The molecular weight excluding hydrogens is 428 g/mol. The molecule has 0 unspecified atom stereocenters. The third-order valence-electron chi connectivity index (χ3n) is 4.75. The first kappa shape index (κ1) is 21.5. The van der Waals surface area contributed by atoms with Gasteiger partial charge in [0, 0.05) is 10.4 Å². The Kier molecular flexibility index (Phi) is 6.42. The summed E-state index contributed by atoms with van der Waals surface area (Å²) in [6.45, 7) is 2.48.